The van der Waals surface area contributed by atoms with E-state index in [9.17, 15) is 0 Å². The average molecular weight is 854 g/mol. The number of pyridine rings is 1. The van der Waals surface area contributed by atoms with Gasteiger partial charge in [0.15, 0.2) is 0 Å². The van der Waals surface area contributed by atoms with Crippen molar-refractivity contribution in [2.24, 2.45) is 0 Å². The van der Waals surface area contributed by atoms with Crippen molar-refractivity contribution in [3.8, 4) is 23.0 Å². The van der Waals surface area contributed by atoms with Gasteiger partial charge in [-0.2, -0.15) is 0 Å². The molecule has 8 aromatic carbocycles. The molecular weight excluding hydrogens is 807 g/mol. The van der Waals surface area contributed by atoms with E-state index in [4.69, 9.17) is 9.72 Å². The summed E-state index contributed by atoms with van der Waals surface area (Å²) >= 11 is 0. The molecule has 0 radical (unpaired) electrons. The first kappa shape index (κ1) is 38.4. The van der Waals surface area contributed by atoms with Crippen LogP contribution in [-0.4, -0.2) is 20.8 Å². The van der Waals surface area contributed by atoms with Crippen LogP contribution in [0.3, 0.4) is 0 Å². The fraction of sp³-hybridized carbons (Fsp3) is 0.117. The van der Waals surface area contributed by atoms with Gasteiger partial charge in [-0.1, -0.05) is 122 Å². The van der Waals surface area contributed by atoms with Crippen molar-refractivity contribution in [3.05, 3.63) is 224 Å². The minimum Gasteiger partial charge on any atom is -0.457 e. The molecule has 3 aromatic heterocycles. The van der Waals surface area contributed by atoms with Crippen LogP contribution in [0.15, 0.2) is 212 Å². The van der Waals surface area contributed by atoms with Crippen molar-refractivity contribution in [3.63, 3.8) is 0 Å². The molecule has 6 heteroatoms. The Balaban J connectivity index is 0.821. The highest BCUT2D eigenvalue weighted by Gasteiger charge is 2.36. The molecule has 13 rings (SSSR count). The van der Waals surface area contributed by atoms with Gasteiger partial charge in [0.1, 0.15) is 24.0 Å². The summed E-state index contributed by atoms with van der Waals surface area (Å²) in [4.78, 5) is 9.83. The monoisotopic (exact) mass is 853 g/mol. The molecule has 318 valence electrons. The van der Waals surface area contributed by atoms with Gasteiger partial charge in [-0.3, -0.25) is 4.57 Å². The van der Waals surface area contributed by atoms with Gasteiger partial charge in [0.05, 0.1) is 33.4 Å². The van der Waals surface area contributed by atoms with E-state index in [1.807, 2.05) is 6.20 Å². The lowest BCUT2D eigenvalue weighted by Gasteiger charge is -2.38. The molecule has 2 aliphatic rings. The number of fused-ring (bicyclic) bond motifs is 7. The van der Waals surface area contributed by atoms with Gasteiger partial charge >= 0.3 is 0 Å². The number of benzene rings is 8. The maximum Gasteiger partial charge on any atom is 0.137 e. The van der Waals surface area contributed by atoms with Crippen molar-refractivity contribution in [1.29, 1.82) is 0 Å². The quantitative estimate of drug-likeness (QED) is 0.153. The minimum absolute atomic E-state index is 0.0266. The summed E-state index contributed by atoms with van der Waals surface area (Å²) in [5.74, 6) is 2.49. The lowest BCUT2D eigenvalue weighted by atomic mass is 9.65. The molecule has 11 aromatic rings. The molecule has 0 amide bonds. The fourth-order valence-electron chi connectivity index (χ4n) is 11.2. The number of aromatic nitrogens is 3. The molecule has 6 nitrogen and oxygen atoms in total. The summed E-state index contributed by atoms with van der Waals surface area (Å²) < 4.78 is 11.5. The van der Waals surface area contributed by atoms with Crippen LogP contribution in [0.25, 0.3) is 55.1 Å². The number of hydrogen-bond donors (Lipinski definition) is 0. The van der Waals surface area contributed by atoms with Crippen molar-refractivity contribution >= 4 is 66.4 Å². The third-order valence-corrected chi connectivity index (χ3v) is 14.3. The maximum atomic E-state index is 6.80. The predicted molar refractivity (Wildman–Crippen MR) is 272 cm³/mol. The van der Waals surface area contributed by atoms with E-state index in [0.717, 1.165) is 63.9 Å². The van der Waals surface area contributed by atoms with Crippen LogP contribution in [0, 0.1) is 0 Å². The van der Waals surface area contributed by atoms with Crippen LogP contribution in [0.5, 0.6) is 11.5 Å². The van der Waals surface area contributed by atoms with Gasteiger partial charge < -0.3 is 19.1 Å². The summed E-state index contributed by atoms with van der Waals surface area (Å²) in [5, 5.41) is 4.90. The molecule has 0 atom stereocenters. The number of nitrogens with zero attached hydrogens (tertiary/aromatic N) is 5. The second-order valence-electron chi connectivity index (χ2n) is 17.9. The van der Waals surface area contributed by atoms with Gasteiger partial charge in [0.25, 0.3) is 0 Å². The fourth-order valence-corrected chi connectivity index (χ4v) is 11.2. The average Bonchev–Trinajstić information content (AvgIpc) is 4.05. The van der Waals surface area contributed by atoms with E-state index in [-0.39, 0.29) is 5.41 Å². The highest BCUT2D eigenvalue weighted by Crippen LogP contribution is 2.47. The Bertz CT molecular complexity index is 3550. The zero-order chi connectivity index (χ0) is 43.6. The predicted octanol–water partition coefficient (Wildman–Crippen LogP) is 15.6. The third-order valence-electron chi connectivity index (χ3n) is 14.3. The molecule has 0 spiro atoms. The lowest BCUT2D eigenvalue weighted by molar-refractivity contribution is 0.345. The second-order valence-corrected chi connectivity index (χ2v) is 17.9. The normalized spacial score (nSPS) is 14.7. The first-order chi connectivity index (χ1) is 32.7. The minimum atomic E-state index is -0.0266. The molecule has 0 bridgehead atoms. The van der Waals surface area contributed by atoms with Gasteiger partial charge in [-0.25, -0.2) is 4.98 Å². The summed E-state index contributed by atoms with van der Waals surface area (Å²) in [5.41, 5.74) is 13.0. The highest BCUT2D eigenvalue weighted by molar-refractivity contribution is 6.10. The van der Waals surface area contributed by atoms with Gasteiger partial charge in [-0.05, 0) is 115 Å². The molecule has 1 aliphatic heterocycles. The van der Waals surface area contributed by atoms with Gasteiger partial charge in [0.2, 0.25) is 0 Å². The van der Waals surface area contributed by atoms with Crippen LogP contribution < -0.4 is 14.5 Å². The molecule has 1 saturated carbocycles. The Hall–Kier alpha value is -8.09. The maximum absolute atomic E-state index is 6.80. The van der Waals surface area contributed by atoms with Gasteiger partial charge in [-0.15, -0.1) is 0 Å². The van der Waals surface area contributed by atoms with E-state index < -0.39 is 0 Å². The van der Waals surface area contributed by atoms with E-state index in [0.29, 0.717) is 6.67 Å². The smallest absolute Gasteiger partial charge is 0.137 e. The lowest BCUT2D eigenvalue weighted by Crippen LogP contribution is -2.30. The van der Waals surface area contributed by atoms with E-state index in [1.54, 1.807) is 0 Å². The number of hydrogen-bond acceptors (Lipinski definition) is 4. The number of ether oxygens (including phenoxy) is 1. The molecular formula is C60H47N5O. The Kier molecular flexibility index (Phi) is 9.05. The number of anilines is 4. The van der Waals surface area contributed by atoms with Crippen molar-refractivity contribution in [2.45, 2.75) is 37.5 Å². The Morgan fingerprint density at radius 1 is 0.394 bits per heavy atom. The van der Waals surface area contributed by atoms with E-state index in [2.05, 4.69) is 225 Å². The molecule has 0 N–H and O–H groups in total. The first-order valence-electron chi connectivity index (χ1n) is 23.3. The molecule has 4 heterocycles. The Morgan fingerprint density at radius 3 is 1.67 bits per heavy atom. The van der Waals surface area contributed by atoms with Gasteiger partial charge in [0, 0.05) is 62.4 Å². The van der Waals surface area contributed by atoms with E-state index >= 15 is 0 Å². The summed E-state index contributed by atoms with van der Waals surface area (Å²) in [6.45, 7) is 0.668. The molecule has 1 aliphatic carbocycles. The van der Waals surface area contributed by atoms with E-state index in [1.165, 1.54) is 68.7 Å². The topological polar surface area (TPSA) is 38.5 Å². The van der Waals surface area contributed by atoms with Crippen molar-refractivity contribution < 1.29 is 4.74 Å². The Morgan fingerprint density at radius 2 is 0.970 bits per heavy atom. The standard InChI is InChI=1S/C60H47N5O/c1-3-16-42(17-4-1)60(35-13-2-14-36-60)43-34-37-61-59(38-43)65-55-25-10-7-22-51(55)52-33-32-48(40-58(52)65)66-47-19-15-18-46(39-47)63-41-62(56-26-11-12-27-57(56)63)44-28-30-45(31-29-44)64-53-23-8-5-20-49(53)50-21-6-9-24-54(50)64/h1,3-12,15-34,37-40H,2,13-14,35-36,41H2. The SMILES string of the molecule is c1ccc(C2(c3ccnc(-n4c5ccccc5c5ccc(Oc6cccc(N7CN(c8ccc(-n9c%10ccccc%10c%10ccccc%109)cc8)c8ccccc87)c6)cc54)c3)CCCCC2)cc1. The number of para-hydroxylation sites is 5. The zero-order valence-corrected chi connectivity index (χ0v) is 36.6. The summed E-state index contributed by atoms with van der Waals surface area (Å²) in [6, 6.07) is 74.3. The molecule has 66 heavy (non-hydrogen) atoms. The summed E-state index contributed by atoms with van der Waals surface area (Å²) in [6.07, 6.45) is 8.04. The molecule has 0 saturated heterocycles. The van der Waals surface area contributed by atoms with Crippen LogP contribution in [0.1, 0.15) is 43.2 Å². The molecule has 0 unspecified atom stereocenters. The first-order valence-corrected chi connectivity index (χ1v) is 23.3. The second kappa shape index (κ2) is 15.6. The van der Waals surface area contributed by atoms with Crippen LogP contribution in [0.2, 0.25) is 0 Å². The highest BCUT2D eigenvalue weighted by atomic mass is 16.5. The number of rotatable bonds is 8. The van der Waals surface area contributed by atoms with Crippen molar-refractivity contribution in [1.82, 2.24) is 14.1 Å². The zero-order valence-electron chi connectivity index (χ0n) is 36.6. The van der Waals surface area contributed by atoms with Crippen LogP contribution >= 0.6 is 0 Å². The largest absolute Gasteiger partial charge is 0.457 e. The summed E-state index contributed by atoms with van der Waals surface area (Å²) in [7, 11) is 0. The third kappa shape index (κ3) is 6.20. The van der Waals surface area contributed by atoms with Crippen LogP contribution in [-0.2, 0) is 5.41 Å². The van der Waals surface area contributed by atoms with Crippen LogP contribution in [0.4, 0.5) is 22.7 Å². The molecule has 1 fully saturated rings. The Labute approximate surface area is 384 Å². The van der Waals surface area contributed by atoms with Crippen molar-refractivity contribution in [2.75, 3.05) is 16.5 Å².